The van der Waals surface area contributed by atoms with Crippen LogP contribution in [0.2, 0.25) is 0 Å². The minimum Gasteiger partial charge on any atom is -0.504 e. The van der Waals surface area contributed by atoms with Gasteiger partial charge in [-0.3, -0.25) is 4.79 Å². The summed E-state index contributed by atoms with van der Waals surface area (Å²) >= 11 is 1.43. The van der Waals surface area contributed by atoms with E-state index in [0.717, 1.165) is 32.8 Å². The Kier molecular flexibility index (Phi) is 4.14. The predicted octanol–water partition coefficient (Wildman–Crippen LogP) is 6.35. The SMILES string of the molecule is CCC1C(=O)c2cc(O)c(O)cc2Sc2cc(-c3cc4ccccc4o3)ccc21. The van der Waals surface area contributed by atoms with E-state index in [-0.39, 0.29) is 23.2 Å². The van der Waals surface area contributed by atoms with Gasteiger partial charge in [-0.15, -0.1) is 0 Å². The number of hydrogen-bond acceptors (Lipinski definition) is 5. The second kappa shape index (κ2) is 6.71. The Morgan fingerprint density at radius 1 is 0.966 bits per heavy atom. The van der Waals surface area contributed by atoms with Crippen molar-refractivity contribution in [3.05, 3.63) is 71.8 Å². The fourth-order valence-corrected chi connectivity index (χ4v) is 5.07. The summed E-state index contributed by atoms with van der Waals surface area (Å²) in [5, 5.41) is 20.9. The van der Waals surface area contributed by atoms with Crippen molar-refractivity contribution in [2.24, 2.45) is 0 Å². The van der Waals surface area contributed by atoms with Crippen LogP contribution in [0.4, 0.5) is 0 Å². The van der Waals surface area contributed by atoms with Crippen LogP contribution in [0.5, 0.6) is 11.5 Å². The van der Waals surface area contributed by atoms with Crippen LogP contribution in [-0.2, 0) is 0 Å². The molecular formula is C24H18O4S. The highest BCUT2D eigenvalue weighted by Gasteiger charge is 2.30. The molecule has 0 spiro atoms. The Bertz CT molecular complexity index is 1240. The predicted molar refractivity (Wildman–Crippen MR) is 113 cm³/mol. The van der Waals surface area contributed by atoms with Crippen LogP contribution in [0.15, 0.2) is 74.9 Å². The van der Waals surface area contributed by atoms with E-state index in [0.29, 0.717) is 16.9 Å². The first kappa shape index (κ1) is 17.9. The van der Waals surface area contributed by atoms with E-state index >= 15 is 0 Å². The fourth-order valence-electron chi connectivity index (χ4n) is 3.88. The van der Waals surface area contributed by atoms with Gasteiger partial charge in [0, 0.05) is 32.2 Å². The Labute approximate surface area is 171 Å². The minimum atomic E-state index is -0.299. The second-order valence-electron chi connectivity index (χ2n) is 7.17. The molecule has 0 saturated heterocycles. The molecule has 2 heterocycles. The van der Waals surface area contributed by atoms with Gasteiger partial charge < -0.3 is 14.6 Å². The van der Waals surface area contributed by atoms with Crippen LogP contribution in [0.25, 0.3) is 22.3 Å². The van der Waals surface area contributed by atoms with Crippen LogP contribution in [0, 0.1) is 0 Å². The van der Waals surface area contributed by atoms with Gasteiger partial charge in [-0.2, -0.15) is 0 Å². The highest BCUT2D eigenvalue weighted by Crippen LogP contribution is 2.46. The van der Waals surface area contributed by atoms with Crippen molar-refractivity contribution in [1.82, 2.24) is 0 Å². The Morgan fingerprint density at radius 3 is 2.55 bits per heavy atom. The van der Waals surface area contributed by atoms with Crippen molar-refractivity contribution in [3.63, 3.8) is 0 Å². The maximum Gasteiger partial charge on any atom is 0.171 e. The van der Waals surface area contributed by atoms with E-state index in [1.165, 1.54) is 23.9 Å². The molecule has 0 amide bonds. The van der Waals surface area contributed by atoms with Gasteiger partial charge in [0.25, 0.3) is 0 Å². The molecule has 1 unspecified atom stereocenters. The highest BCUT2D eigenvalue weighted by molar-refractivity contribution is 7.99. The molecule has 1 atom stereocenters. The van der Waals surface area contributed by atoms with E-state index in [1.54, 1.807) is 0 Å². The topological polar surface area (TPSA) is 70.7 Å². The number of para-hydroxylation sites is 1. The smallest absolute Gasteiger partial charge is 0.171 e. The van der Waals surface area contributed by atoms with E-state index in [2.05, 4.69) is 0 Å². The first-order valence-electron chi connectivity index (χ1n) is 9.46. The first-order chi connectivity index (χ1) is 14.0. The van der Waals surface area contributed by atoms with Gasteiger partial charge in [-0.25, -0.2) is 0 Å². The van der Waals surface area contributed by atoms with Gasteiger partial charge >= 0.3 is 0 Å². The Hall–Kier alpha value is -3.18. The van der Waals surface area contributed by atoms with Crippen molar-refractivity contribution >= 4 is 28.5 Å². The lowest BCUT2D eigenvalue weighted by atomic mass is 9.88. The molecule has 0 bridgehead atoms. The van der Waals surface area contributed by atoms with E-state index in [1.807, 2.05) is 55.5 Å². The number of phenols is 2. The number of carbonyl (C=O) groups excluding carboxylic acids is 1. The van der Waals surface area contributed by atoms with E-state index < -0.39 is 0 Å². The zero-order chi connectivity index (χ0) is 20.1. The van der Waals surface area contributed by atoms with Crippen molar-refractivity contribution in [2.45, 2.75) is 29.1 Å². The average molecular weight is 402 g/mol. The second-order valence-corrected chi connectivity index (χ2v) is 8.25. The number of Topliss-reactive ketones (excluding diaryl/α,β-unsaturated/α-hetero) is 1. The monoisotopic (exact) mass is 402 g/mol. The number of phenolic OH excluding ortho intramolecular Hbond substituents is 2. The number of fused-ring (bicyclic) bond motifs is 3. The molecule has 4 aromatic rings. The summed E-state index contributed by atoms with van der Waals surface area (Å²) in [7, 11) is 0. The zero-order valence-electron chi connectivity index (χ0n) is 15.7. The number of benzene rings is 3. The van der Waals surface area contributed by atoms with Gasteiger partial charge in [0.2, 0.25) is 0 Å². The molecule has 1 aliphatic heterocycles. The average Bonchev–Trinajstić information content (AvgIpc) is 3.12. The molecule has 0 saturated carbocycles. The van der Waals surface area contributed by atoms with Crippen molar-refractivity contribution in [1.29, 1.82) is 0 Å². The number of ketones is 1. The fraction of sp³-hybridized carbons (Fsp3) is 0.125. The summed E-state index contributed by atoms with van der Waals surface area (Å²) in [6.07, 6.45) is 0.650. The summed E-state index contributed by atoms with van der Waals surface area (Å²) < 4.78 is 6.01. The zero-order valence-corrected chi connectivity index (χ0v) is 16.5. The standard InChI is InChI=1S/C24H18O4S/c1-2-15-16-8-7-14(21-9-13-5-3-4-6-20(13)28-21)10-22(16)29-23-12-19(26)18(25)11-17(23)24(15)27/h3-12,15,25-26H,2H2,1H3. The molecule has 0 aliphatic carbocycles. The number of carbonyl (C=O) groups is 1. The van der Waals surface area contributed by atoms with Crippen LogP contribution < -0.4 is 0 Å². The minimum absolute atomic E-state index is 0.0412. The summed E-state index contributed by atoms with van der Waals surface area (Å²) in [6.45, 7) is 1.98. The number of rotatable bonds is 2. The molecule has 144 valence electrons. The van der Waals surface area contributed by atoms with Crippen LogP contribution in [0.1, 0.15) is 35.2 Å². The molecule has 4 nitrogen and oxygen atoms in total. The van der Waals surface area contributed by atoms with Gasteiger partial charge in [0.15, 0.2) is 17.3 Å². The first-order valence-corrected chi connectivity index (χ1v) is 10.3. The molecule has 1 aromatic heterocycles. The van der Waals surface area contributed by atoms with Crippen molar-refractivity contribution in [3.8, 4) is 22.8 Å². The normalized spacial score (nSPS) is 15.8. The molecule has 5 rings (SSSR count). The maximum absolute atomic E-state index is 13.1. The molecule has 0 radical (unpaired) electrons. The highest BCUT2D eigenvalue weighted by atomic mass is 32.2. The molecular weight excluding hydrogens is 384 g/mol. The van der Waals surface area contributed by atoms with Crippen LogP contribution in [-0.4, -0.2) is 16.0 Å². The maximum atomic E-state index is 13.1. The van der Waals surface area contributed by atoms with Gasteiger partial charge in [0.05, 0.1) is 0 Å². The van der Waals surface area contributed by atoms with Crippen LogP contribution >= 0.6 is 11.8 Å². The van der Waals surface area contributed by atoms with Gasteiger partial charge in [-0.1, -0.05) is 49.0 Å². The largest absolute Gasteiger partial charge is 0.504 e. The lowest BCUT2D eigenvalue weighted by Gasteiger charge is -2.15. The van der Waals surface area contributed by atoms with Gasteiger partial charge in [-0.05, 0) is 42.3 Å². The van der Waals surface area contributed by atoms with Crippen molar-refractivity contribution in [2.75, 3.05) is 0 Å². The third kappa shape index (κ3) is 2.89. The summed E-state index contributed by atoms with van der Waals surface area (Å²) in [5.74, 6) is -0.0737. The van der Waals surface area contributed by atoms with E-state index in [4.69, 9.17) is 4.42 Å². The molecule has 0 fully saturated rings. The lowest BCUT2D eigenvalue weighted by molar-refractivity contribution is 0.0953. The molecule has 3 aromatic carbocycles. The summed E-state index contributed by atoms with van der Waals surface area (Å²) in [6, 6.07) is 18.7. The molecule has 5 heteroatoms. The number of aromatic hydroxyl groups is 2. The lowest BCUT2D eigenvalue weighted by Crippen LogP contribution is -2.12. The summed E-state index contributed by atoms with van der Waals surface area (Å²) in [5.41, 5.74) is 3.16. The molecule has 1 aliphatic rings. The number of hydrogen-bond donors (Lipinski definition) is 2. The Balaban J connectivity index is 1.67. The van der Waals surface area contributed by atoms with E-state index in [9.17, 15) is 15.0 Å². The Morgan fingerprint density at radius 2 is 1.76 bits per heavy atom. The van der Waals surface area contributed by atoms with Crippen LogP contribution in [0.3, 0.4) is 0 Å². The van der Waals surface area contributed by atoms with Gasteiger partial charge in [0.1, 0.15) is 11.3 Å². The molecule has 29 heavy (non-hydrogen) atoms. The summed E-state index contributed by atoms with van der Waals surface area (Å²) in [4.78, 5) is 14.7. The third-order valence-electron chi connectivity index (χ3n) is 5.39. The third-order valence-corrected chi connectivity index (χ3v) is 6.52. The van der Waals surface area contributed by atoms with Crippen molar-refractivity contribution < 1.29 is 19.4 Å². The number of furan rings is 1. The quantitative estimate of drug-likeness (QED) is 0.382. The molecule has 2 N–H and O–H groups in total.